The number of nitrogens with zero attached hydrogens (tertiary/aromatic N) is 1. The predicted octanol–water partition coefficient (Wildman–Crippen LogP) is 5.26. The van der Waals surface area contributed by atoms with Gasteiger partial charge in [0.25, 0.3) is 0 Å². The lowest BCUT2D eigenvalue weighted by Gasteiger charge is -2.07. The van der Waals surface area contributed by atoms with Crippen LogP contribution in [0.5, 0.6) is 0 Å². The van der Waals surface area contributed by atoms with E-state index in [0.717, 1.165) is 20.1 Å². The van der Waals surface area contributed by atoms with Gasteiger partial charge in [-0.15, -0.1) is 22.7 Å². The number of aromatic nitrogens is 1. The zero-order chi connectivity index (χ0) is 16.4. The molecule has 0 aliphatic carbocycles. The van der Waals surface area contributed by atoms with Crippen LogP contribution in [0.2, 0.25) is 0 Å². The van der Waals surface area contributed by atoms with Gasteiger partial charge in [0.1, 0.15) is 10.8 Å². The molecule has 3 aromatic rings. The van der Waals surface area contributed by atoms with Crippen molar-refractivity contribution in [3.63, 3.8) is 0 Å². The van der Waals surface area contributed by atoms with Crippen molar-refractivity contribution in [1.29, 1.82) is 0 Å². The Hall–Kier alpha value is -1.57. The summed E-state index contributed by atoms with van der Waals surface area (Å²) < 4.78 is 14.1. The van der Waals surface area contributed by atoms with E-state index in [-0.39, 0.29) is 18.1 Å². The largest absolute Gasteiger partial charge is 0.326 e. The quantitative estimate of drug-likeness (QED) is 0.636. The Kier molecular flexibility index (Phi) is 4.89. The molecule has 2 heterocycles. The molecule has 0 saturated heterocycles. The smallest absolute Gasteiger partial charge is 0.230 e. The summed E-state index contributed by atoms with van der Waals surface area (Å²) in [5, 5.41) is 7.59. The highest BCUT2D eigenvalue weighted by atomic mass is 79.9. The van der Waals surface area contributed by atoms with E-state index in [1.165, 1.54) is 23.5 Å². The maximum atomic E-state index is 13.1. The molecule has 0 fully saturated rings. The number of halogens is 2. The molecular formula is C16H12BrFN2OS2. The zero-order valence-electron chi connectivity index (χ0n) is 12.1. The molecule has 0 aliphatic heterocycles. The Morgan fingerprint density at radius 2 is 2.13 bits per heavy atom. The van der Waals surface area contributed by atoms with Crippen molar-refractivity contribution in [3.8, 4) is 9.88 Å². The lowest BCUT2D eigenvalue weighted by molar-refractivity contribution is -0.115. The summed E-state index contributed by atoms with van der Waals surface area (Å²) >= 11 is 6.55. The first-order valence-electron chi connectivity index (χ1n) is 6.76. The lowest BCUT2D eigenvalue weighted by atomic mass is 10.2. The number of benzene rings is 1. The van der Waals surface area contributed by atoms with Crippen molar-refractivity contribution in [1.82, 2.24) is 4.98 Å². The molecule has 0 spiro atoms. The van der Waals surface area contributed by atoms with Crippen molar-refractivity contribution >= 4 is 50.2 Å². The number of nitrogens with one attached hydrogen (secondary N) is 1. The molecule has 1 aromatic carbocycles. The normalized spacial score (nSPS) is 10.7. The van der Waals surface area contributed by atoms with Gasteiger partial charge in [-0.05, 0) is 52.7 Å². The summed E-state index contributed by atoms with van der Waals surface area (Å²) in [6.07, 6.45) is 0.194. The number of rotatable bonds is 4. The third kappa shape index (κ3) is 4.04. The Labute approximate surface area is 149 Å². The van der Waals surface area contributed by atoms with Gasteiger partial charge in [-0.1, -0.05) is 0 Å². The fourth-order valence-electron chi connectivity index (χ4n) is 2.05. The Bertz CT molecular complexity index is 859. The van der Waals surface area contributed by atoms with E-state index in [9.17, 15) is 9.18 Å². The second-order valence-corrected chi connectivity index (χ2v) is 7.64. The first-order valence-corrected chi connectivity index (χ1v) is 9.31. The molecule has 3 rings (SSSR count). The van der Waals surface area contributed by atoms with Crippen molar-refractivity contribution < 1.29 is 9.18 Å². The lowest BCUT2D eigenvalue weighted by Crippen LogP contribution is -2.15. The van der Waals surface area contributed by atoms with Crippen LogP contribution in [-0.2, 0) is 11.2 Å². The molecule has 0 saturated carbocycles. The van der Waals surface area contributed by atoms with Gasteiger partial charge in [0.2, 0.25) is 5.91 Å². The minimum absolute atomic E-state index is 0.163. The number of carbonyl (C=O) groups excluding carboxylic acids is 1. The summed E-state index contributed by atoms with van der Waals surface area (Å²) in [7, 11) is 0. The van der Waals surface area contributed by atoms with Crippen molar-refractivity contribution in [2.45, 2.75) is 13.3 Å². The topological polar surface area (TPSA) is 42.0 Å². The molecule has 0 aliphatic rings. The third-order valence-corrected chi connectivity index (χ3v) is 5.89. The minimum Gasteiger partial charge on any atom is -0.326 e. The fourth-order valence-corrected chi connectivity index (χ4v) is 4.38. The van der Waals surface area contributed by atoms with E-state index in [0.29, 0.717) is 11.3 Å². The number of hydrogen-bond donors (Lipinski definition) is 1. The first-order chi connectivity index (χ1) is 11.0. The van der Waals surface area contributed by atoms with E-state index in [4.69, 9.17) is 0 Å². The molecule has 2 aromatic heterocycles. The Morgan fingerprint density at radius 1 is 1.30 bits per heavy atom. The average Bonchev–Trinajstić information content (AvgIpc) is 3.11. The summed E-state index contributed by atoms with van der Waals surface area (Å²) in [5.74, 6) is -0.476. The molecular weight excluding hydrogens is 399 g/mol. The fraction of sp³-hybridized carbons (Fsp3) is 0.125. The number of thiophene rings is 1. The van der Waals surface area contributed by atoms with Crippen LogP contribution in [0.1, 0.15) is 11.3 Å². The summed E-state index contributed by atoms with van der Waals surface area (Å²) in [6, 6.07) is 6.30. The third-order valence-electron chi connectivity index (χ3n) is 3.13. The van der Waals surface area contributed by atoms with E-state index in [1.807, 2.05) is 16.8 Å². The predicted molar refractivity (Wildman–Crippen MR) is 96.6 cm³/mol. The van der Waals surface area contributed by atoms with Gasteiger partial charge in [0, 0.05) is 20.9 Å². The van der Waals surface area contributed by atoms with Gasteiger partial charge in [-0.2, -0.15) is 0 Å². The van der Waals surface area contributed by atoms with Crippen LogP contribution < -0.4 is 5.32 Å². The molecule has 7 heteroatoms. The molecule has 0 unspecified atom stereocenters. The maximum absolute atomic E-state index is 13.1. The minimum atomic E-state index is -0.313. The zero-order valence-corrected chi connectivity index (χ0v) is 15.3. The summed E-state index contributed by atoms with van der Waals surface area (Å²) in [4.78, 5) is 17.7. The SMILES string of the molecule is Cc1cc(F)ccc1NC(=O)Cc1csc(-c2cc(Br)cs2)n1. The van der Waals surface area contributed by atoms with Crippen molar-refractivity contribution in [2.24, 2.45) is 0 Å². The highest BCUT2D eigenvalue weighted by Crippen LogP contribution is 2.32. The number of anilines is 1. The molecule has 118 valence electrons. The van der Waals surface area contributed by atoms with Gasteiger partial charge in [-0.3, -0.25) is 4.79 Å². The average molecular weight is 411 g/mol. The van der Waals surface area contributed by atoms with Gasteiger partial charge < -0.3 is 5.32 Å². The highest BCUT2D eigenvalue weighted by molar-refractivity contribution is 9.10. The first kappa shape index (κ1) is 16.3. The molecule has 1 N–H and O–H groups in total. The molecule has 23 heavy (non-hydrogen) atoms. The summed E-state index contributed by atoms with van der Waals surface area (Å²) in [5.41, 5.74) is 2.04. The Balaban J connectivity index is 1.67. The van der Waals surface area contributed by atoms with Crippen molar-refractivity contribution in [3.05, 3.63) is 56.6 Å². The van der Waals surface area contributed by atoms with Crippen LogP contribution in [-0.4, -0.2) is 10.9 Å². The van der Waals surface area contributed by atoms with E-state index in [1.54, 1.807) is 24.3 Å². The van der Waals surface area contributed by atoms with E-state index < -0.39 is 0 Å². The van der Waals surface area contributed by atoms with Crippen LogP contribution in [0, 0.1) is 12.7 Å². The molecule has 0 atom stereocenters. The monoisotopic (exact) mass is 410 g/mol. The second-order valence-electron chi connectivity index (χ2n) is 4.96. The van der Waals surface area contributed by atoms with Crippen molar-refractivity contribution in [2.75, 3.05) is 5.32 Å². The molecule has 0 bridgehead atoms. The molecule has 3 nitrogen and oxygen atoms in total. The Morgan fingerprint density at radius 3 is 2.83 bits per heavy atom. The summed E-state index contributed by atoms with van der Waals surface area (Å²) in [6.45, 7) is 1.76. The van der Waals surface area contributed by atoms with E-state index in [2.05, 4.69) is 26.2 Å². The van der Waals surface area contributed by atoms with Crippen LogP contribution in [0.25, 0.3) is 9.88 Å². The van der Waals surface area contributed by atoms with Crippen LogP contribution in [0.15, 0.2) is 39.5 Å². The highest BCUT2D eigenvalue weighted by Gasteiger charge is 2.11. The molecule has 1 amide bonds. The number of carbonyl (C=O) groups is 1. The maximum Gasteiger partial charge on any atom is 0.230 e. The van der Waals surface area contributed by atoms with Gasteiger partial charge in [-0.25, -0.2) is 9.37 Å². The second kappa shape index (κ2) is 6.90. The van der Waals surface area contributed by atoms with Crippen LogP contribution >= 0.6 is 38.6 Å². The van der Waals surface area contributed by atoms with Crippen LogP contribution in [0.3, 0.4) is 0 Å². The van der Waals surface area contributed by atoms with Gasteiger partial charge in [0.15, 0.2) is 0 Å². The standard InChI is InChI=1S/C16H12BrFN2OS2/c1-9-4-11(18)2-3-13(9)20-15(21)6-12-8-23-16(19-12)14-5-10(17)7-22-14/h2-5,7-8H,6H2,1H3,(H,20,21). The number of aryl methyl sites for hydroxylation is 1. The van der Waals surface area contributed by atoms with Gasteiger partial charge >= 0.3 is 0 Å². The number of hydrogen-bond acceptors (Lipinski definition) is 4. The van der Waals surface area contributed by atoms with E-state index >= 15 is 0 Å². The van der Waals surface area contributed by atoms with Gasteiger partial charge in [0.05, 0.1) is 17.0 Å². The molecule has 0 radical (unpaired) electrons. The number of thiazole rings is 1. The van der Waals surface area contributed by atoms with Crippen LogP contribution in [0.4, 0.5) is 10.1 Å². The number of amides is 1.